The van der Waals surface area contributed by atoms with E-state index in [2.05, 4.69) is 5.32 Å². The van der Waals surface area contributed by atoms with Gasteiger partial charge in [0.25, 0.3) is 0 Å². The average molecular weight is 347 g/mol. The van der Waals surface area contributed by atoms with Gasteiger partial charge in [0.2, 0.25) is 11.7 Å². The minimum atomic E-state index is -0.110. The summed E-state index contributed by atoms with van der Waals surface area (Å²) in [6.45, 7) is 0. The first-order valence-electron chi connectivity index (χ1n) is 7.34. The largest absolute Gasteiger partial charge is 0.493 e. The van der Waals surface area contributed by atoms with E-state index in [1.165, 1.54) is 0 Å². The van der Waals surface area contributed by atoms with E-state index in [0.717, 1.165) is 16.1 Å². The van der Waals surface area contributed by atoms with Gasteiger partial charge in [-0.05, 0) is 48.2 Å². The number of amides is 1. The highest BCUT2D eigenvalue weighted by Gasteiger charge is 2.15. The van der Waals surface area contributed by atoms with Crippen LogP contribution in [0, 0.1) is 0 Å². The minimum absolute atomic E-state index is 0.110. The molecule has 5 nitrogen and oxygen atoms in total. The summed E-state index contributed by atoms with van der Waals surface area (Å²) in [5.41, 5.74) is 1.55. The van der Waals surface area contributed by atoms with E-state index < -0.39 is 0 Å². The first-order chi connectivity index (χ1) is 11.6. The molecule has 0 bridgehead atoms. The SMILES string of the molecule is COc1cc(CC(=O)Nc2ccc(SC)cc2)cc(OC)c1OC. The quantitative estimate of drug-likeness (QED) is 0.775. The molecule has 0 aliphatic carbocycles. The van der Waals surface area contributed by atoms with Crippen molar-refractivity contribution in [2.24, 2.45) is 0 Å². The monoisotopic (exact) mass is 347 g/mol. The zero-order chi connectivity index (χ0) is 17.5. The van der Waals surface area contributed by atoms with Gasteiger partial charge in [0.15, 0.2) is 11.5 Å². The zero-order valence-electron chi connectivity index (χ0n) is 14.2. The normalized spacial score (nSPS) is 10.2. The summed E-state index contributed by atoms with van der Waals surface area (Å²) in [7, 11) is 4.65. The maximum atomic E-state index is 12.3. The van der Waals surface area contributed by atoms with Gasteiger partial charge in [0.05, 0.1) is 27.8 Å². The van der Waals surface area contributed by atoms with Gasteiger partial charge < -0.3 is 19.5 Å². The van der Waals surface area contributed by atoms with Crippen molar-refractivity contribution in [3.05, 3.63) is 42.0 Å². The van der Waals surface area contributed by atoms with E-state index in [4.69, 9.17) is 14.2 Å². The Bertz CT molecular complexity index is 676. The molecule has 0 aliphatic heterocycles. The Balaban J connectivity index is 2.12. The Morgan fingerprint density at radius 3 is 2.04 bits per heavy atom. The van der Waals surface area contributed by atoms with Crippen LogP contribution < -0.4 is 19.5 Å². The molecule has 6 heteroatoms. The fourth-order valence-electron chi connectivity index (χ4n) is 2.30. The molecule has 1 N–H and O–H groups in total. The molecule has 1 amide bonds. The van der Waals surface area contributed by atoms with Crippen LogP contribution in [-0.4, -0.2) is 33.5 Å². The highest BCUT2D eigenvalue weighted by Crippen LogP contribution is 2.38. The van der Waals surface area contributed by atoms with Crippen molar-refractivity contribution < 1.29 is 19.0 Å². The van der Waals surface area contributed by atoms with E-state index >= 15 is 0 Å². The van der Waals surface area contributed by atoms with Crippen LogP contribution in [-0.2, 0) is 11.2 Å². The zero-order valence-corrected chi connectivity index (χ0v) is 15.0. The molecule has 0 fully saturated rings. The van der Waals surface area contributed by atoms with Crippen LogP contribution >= 0.6 is 11.8 Å². The molecule has 2 rings (SSSR count). The molecule has 128 valence electrons. The van der Waals surface area contributed by atoms with Gasteiger partial charge >= 0.3 is 0 Å². The van der Waals surface area contributed by atoms with Crippen molar-refractivity contribution in [2.75, 3.05) is 32.9 Å². The van der Waals surface area contributed by atoms with Crippen LogP contribution in [0.15, 0.2) is 41.3 Å². The van der Waals surface area contributed by atoms with Crippen molar-refractivity contribution in [1.82, 2.24) is 0 Å². The lowest BCUT2D eigenvalue weighted by Crippen LogP contribution is -2.14. The number of methoxy groups -OCH3 is 3. The van der Waals surface area contributed by atoms with E-state index in [1.807, 2.05) is 30.5 Å². The first-order valence-corrected chi connectivity index (χ1v) is 8.56. The van der Waals surface area contributed by atoms with E-state index in [9.17, 15) is 4.79 Å². The Morgan fingerprint density at radius 1 is 1.00 bits per heavy atom. The Hall–Kier alpha value is -2.34. The third-order valence-corrected chi connectivity index (χ3v) is 4.21. The topological polar surface area (TPSA) is 56.8 Å². The fraction of sp³-hybridized carbons (Fsp3) is 0.278. The van der Waals surface area contributed by atoms with Crippen LogP contribution in [0.25, 0.3) is 0 Å². The maximum Gasteiger partial charge on any atom is 0.228 e. The first kappa shape index (κ1) is 18.0. The lowest BCUT2D eigenvalue weighted by Gasteiger charge is -2.14. The van der Waals surface area contributed by atoms with Gasteiger partial charge in [-0.25, -0.2) is 0 Å². The van der Waals surface area contributed by atoms with Gasteiger partial charge in [-0.3, -0.25) is 4.79 Å². The molecule has 0 saturated carbocycles. The van der Waals surface area contributed by atoms with E-state index in [-0.39, 0.29) is 12.3 Å². The Kier molecular flexibility index (Phi) is 6.37. The summed E-state index contributed by atoms with van der Waals surface area (Å²) in [6.07, 6.45) is 2.22. The summed E-state index contributed by atoms with van der Waals surface area (Å²) in [5, 5.41) is 2.88. The fourth-order valence-corrected chi connectivity index (χ4v) is 2.71. The third kappa shape index (κ3) is 4.35. The second kappa shape index (κ2) is 8.49. The van der Waals surface area contributed by atoms with E-state index in [1.54, 1.807) is 45.2 Å². The van der Waals surface area contributed by atoms with Crippen molar-refractivity contribution in [3.8, 4) is 17.2 Å². The molecule has 0 heterocycles. The van der Waals surface area contributed by atoms with Gasteiger partial charge in [-0.1, -0.05) is 0 Å². The highest BCUT2D eigenvalue weighted by molar-refractivity contribution is 7.98. The molecule has 0 aromatic heterocycles. The summed E-state index contributed by atoms with van der Waals surface area (Å²) in [4.78, 5) is 13.4. The van der Waals surface area contributed by atoms with Crippen LogP contribution in [0.3, 0.4) is 0 Å². The third-order valence-electron chi connectivity index (χ3n) is 3.46. The number of rotatable bonds is 7. The molecule has 2 aromatic carbocycles. The second-order valence-electron chi connectivity index (χ2n) is 4.99. The number of carbonyl (C=O) groups is 1. The summed E-state index contributed by atoms with van der Waals surface area (Å²) < 4.78 is 15.9. The van der Waals surface area contributed by atoms with Crippen LogP contribution in [0.4, 0.5) is 5.69 Å². The summed E-state index contributed by atoms with van der Waals surface area (Å²) >= 11 is 1.66. The number of hydrogen-bond acceptors (Lipinski definition) is 5. The number of hydrogen-bond donors (Lipinski definition) is 1. The number of carbonyl (C=O) groups excluding carboxylic acids is 1. The molecular weight excluding hydrogens is 326 g/mol. The molecule has 0 spiro atoms. The van der Waals surface area contributed by atoms with E-state index in [0.29, 0.717) is 17.2 Å². The summed E-state index contributed by atoms with van der Waals surface area (Å²) in [6, 6.07) is 11.3. The van der Waals surface area contributed by atoms with Crippen molar-refractivity contribution in [1.29, 1.82) is 0 Å². The number of nitrogens with one attached hydrogen (secondary N) is 1. The average Bonchev–Trinajstić information content (AvgIpc) is 2.61. The van der Waals surface area contributed by atoms with Crippen LogP contribution in [0.2, 0.25) is 0 Å². The predicted octanol–water partition coefficient (Wildman–Crippen LogP) is 3.62. The second-order valence-corrected chi connectivity index (χ2v) is 5.87. The molecule has 0 radical (unpaired) electrons. The van der Waals surface area contributed by atoms with Gasteiger partial charge in [0, 0.05) is 10.6 Å². The van der Waals surface area contributed by atoms with Crippen LogP contribution in [0.5, 0.6) is 17.2 Å². The van der Waals surface area contributed by atoms with Crippen LogP contribution in [0.1, 0.15) is 5.56 Å². The Labute approximate surface area is 146 Å². The van der Waals surface area contributed by atoms with Crippen molar-refractivity contribution >= 4 is 23.4 Å². The van der Waals surface area contributed by atoms with Crippen molar-refractivity contribution in [3.63, 3.8) is 0 Å². The molecule has 0 unspecified atom stereocenters. The predicted molar refractivity (Wildman–Crippen MR) is 96.7 cm³/mol. The number of ether oxygens (including phenoxy) is 3. The summed E-state index contributed by atoms with van der Waals surface area (Å²) in [5.74, 6) is 1.46. The van der Waals surface area contributed by atoms with Crippen molar-refractivity contribution in [2.45, 2.75) is 11.3 Å². The standard InChI is InChI=1S/C18H21NO4S/c1-21-15-9-12(10-16(22-2)18(15)23-3)11-17(20)19-13-5-7-14(24-4)8-6-13/h5-10H,11H2,1-4H3,(H,19,20). The number of benzene rings is 2. The molecule has 2 aromatic rings. The number of anilines is 1. The molecule has 0 atom stereocenters. The number of thioether (sulfide) groups is 1. The van der Waals surface area contributed by atoms with Gasteiger partial charge in [-0.2, -0.15) is 0 Å². The van der Waals surface area contributed by atoms with Gasteiger partial charge in [0.1, 0.15) is 0 Å². The highest BCUT2D eigenvalue weighted by atomic mass is 32.2. The molecule has 0 saturated heterocycles. The maximum absolute atomic E-state index is 12.3. The molecule has 24 heavy (non-hydrogen) atoms. The smallest absolute Gasteiger partial charge is 0.228 e. The lowest BCUT2D eigenvalue weighted by atomic mass is 10.1. The lowest BCUT2D eigenvalue weighted by molar-refractivity contribution is -0.115. The minimum Gasteiger partial charge on any atom is -0.493 e. The van der Waals surface area contributed by atoms with Gasteiger partial charge in [-0.15, -0.1) is 11.8 Å². The molecular formula is C18H21NO4S. The Morgan fingerprint density at radius 2 is 1.58 bits per heavy atom. The molecule has 0 aliphatic rings.